The van der Waals surface area contributed by atoms with Gasteiger partial charge in [-0.3, -0.25) is 15.1 Å². The van der Waals surface area contributed by atoms with Gasteiger partial charge in [0.25, 0.3) is 5.91 Å². The molecule has 3 rings (SSSR count). The summed E-state index contributed by atoms with van der Waals surface area (Å²) >= 11 is 5.84. The molecule has 0 spiro atoms. The number of aromatic nitrogens is 1. The Morgan fingerprint density at radius 1 is 0.968 bits per heavy atom. The van der Waals surface area contributed by atoms with E-state index in [1.54, 1.807) is 48.7 Å². The number of hydrogen-bond donors (Lipinski definition) is 2. The third kappa shape index (κ3) is 6.83. The van der Waals surface area contributed by atoms with Gasteiger partial charge < -0.3 is 10.1 Å². The number of nitrogens with zero attached hydrogens (tertiary/aromatic N) is 1. The SMILES string of the molecule is CC(C)c1ccc(C(=O)NCc2ccc(NC(=O)OCc3ccc(Cl)cc3)cc2)cn1. The molecule has 31 heavy (non-hydrogen) atoms. The summed E-state index contributed by atoms with van der Waals surface area (Å²) in [5, 5.41) is 6.17. The molecule has 0 bridgehead atoms. The number of amides is 2. The van der Waals surface area contributed by atoms with Gasteiger partial charge >= 0.3 is 6.09 Å². The minimum Gasteiger partial charge on any atom is -0.444 e. The van der Waals surface area contributed by atoms with E-state index in [0.29, 0.717) is 28.7 Å². The van der Waals surface area contributed by atoms with Crippen LogP contribution in [0.1, 0.15) is 46.9 Å². The normalized spacial score (nSPS) is 10.6. The fraction of sp³-hybridized carbons (Fsp3) is 0.208. The number of nitrogens with one attached hydrogen (secondary N) is 2. The Labute approximate surface area is 186 Å². The number of benzene rings is 2. The first-order valence-corrected chi connectivity index (χ1v) is 10.3. The molecular formula is C24H24ClN3O3. The molecule has 0 saturated heterocycles. The average molecular weight is 438 g/mol. The van der Waals surface area contributed by atoms with Crippen molar-refractivity contribution in [2.45, 2.75) is 32.9 Å². The molecule has 0 fully saturated rings. The molecule has 2 amide bonds. The van der Waals surface area contributed by atoms with Gasteiger partial charge in [-0.15, -0.1) is 0 Å². The van der Waals surface area contributed by atoms with Crippen LogP contribution in [0.2, 0.25) is 5.02 Å². The van der Waals surface area contributed by atoms with Crippen molar-refractivity contribution >= 4 is 29.3 Å². The van der Waals surface area contributed by atoms with Crippen LogP contribution in [-0.2, 0) is 17.9 Å². The van der Waals surface area contributed by atoms with E-state index in [2.05, 4.69) is 29.5 Å². The standard InChI is InChI=1S/C24H24ClN3O3/c1-16(2)22-12-7-19(14-26-22)23(29)27-13-17-5-10-21(11-6-17)28-24(30)31-15-18-3-8-20(25)9-4-18/h3-12,14,16H,13,15H2,1-2H3,(H,27,29)(H,28,30). The molecule has 1 heterocycles. The van der Waals surface area contributed by atoms with Gasteiger partial charge in [-0.05, 0) is 53.4 Å². The van der Waals surface area contributed by atoms with Gasteiger partial charge in [0.05, 0.1) is 5.56 Å². The summed E-state index contributed by atoms with van der Waals surface area (Å²) in [6.07, 6.45) is 1.04. The van der Waals surface area contributed by atoms with Gasteiger partial charge in [-0.1, -0.05) is 49.7 Å². The van der Waals surface area contributed by atoms with Gasteiger partial charge in [-0.2, -0.15) is 0 Å². The molecule has 2 aromatic carbocycles. The van der Waals surface area contributed by atoms with E-state index in [1.165, 1.54) is 0 Å². The zero-order chi connectivity index (χ0) is 22.2. The van der Waals surface area contributed by atoms with Crippen molar-refractivity contribution in [2.75, 3.05) is 5.32 Å². The Morgan fingerprint density at radius 3 is 2.26 bits per heavy atom. The Bertz CT molecular complexity index is 1020. The van der Waals surface area contributed by atoms with Crippen molar-refractivity contribution in [3.8, 4) is 0 Å². The van der Waals surface area contributed by atoms with Crippen LogP contribution in [0.5, 0.6) is 0 Å². The van der Waals surface area contributed by atoms with Crippen molar-refractivity contribution in [1.82, 2.24) is 10.3 Å². The van der Waals surface area contributed by atoms with Crippen LogP contribution in [0.15, 0.2) is 66.9 Å². The predicted molar refractivity (Wildman–Crippen MR) is 121 cm³/mol. The van der Waals surface area contributed by atoms with Crippen LogP contribution >= 0.6 is 11.6 Å². The Hall–Kier alpha value is -3.38. The topological polar surface area (TPSA) is 80.3 Å². The lowest BCUT2D eigenvalue weighted by Gasteiger charge is -2.09. The highest BCUT2D eigenvalue weighted by molar-refractivity contribution is 6.30. The highest BCUT2D eigenvalue weighted by atomic mass is 35.5. The number of carbonyl (C=O) groups is 2. The van der Waals surface area contributed by atoms with Gasteiger partial charge in [0.2, 0.25) is 0 Å². The maximum absolute atomic E-state index is 12.3. The van der Waals surface area contributed by atoms with E-state index >= 15 is 0 Å². The summed E-state index contributed by atoms with van der Waals surface area (Å²) in [4.78, 5) is 28.6. The third-order valence-electron chi connectivity index (χ3n) is 4.58. The van der Waals surface area contributed by atoms with E-state index in [9.17, 15) is 9.59 Å². The second kappa shape index (κ2) is 10.6. The number of pyridine rings is 1. The molecule has 0 aliphatic carbocycles. The fourth-order valence-electron chi connectivity index (χ4n) is 2.75. The van der Waals surface area contributed by atoms with Crippen LogP contribution < -0.4 is 10.6 Å². The van der Waals surface area contributed by atoms with E-state index in [0.717, 1.165) is 16.8 Å². The summed E-state index contributed by atoms with van der Waals surface area (Å²) in [7, 11) is 0. The molecule has 160 valence electrons. The minimum atomic E-state index is -0.548. The molecule has 0 atom stereocenters. The summed E-state index contributed by atoms with van der Waals surface area (Å²) in [5.41, 5.74) is 3.82. The molecular weight excluding hydrogens is 414 g/mol. The predicted octanol–water partition coefficient (Wildman–Crippen LogP) is 5.54. The second-order valence-corrected chi connectivity index (χ2v) is 7.77. The first-order valence-electron chi connectivity index (χ1n) is 9.92. The smallest absolute Gasteiger partial charge is 0.411 e. The zero-order valence-corrected chi connectivity index (χ0v) is 18.1. The molecule has 3 aromatic rings. The van der Waals surface area contributed by atoms with Crippen molar-refractivity contribution in [1.29, 1.82) is 0 Å². The lowest BCUT2D eigenvalue weighted by molar-refractivity contribution is 0.0950. The minimum absolute atomic E-state index is 0.153. The lowest BCUT2D eigenvalue weighted by atomic mass is 10.1. The number of ether oxygens (including phenoxy) is 1. The molecule has 0 unspecified atom stereocenters. The molecule has 2 N–H and O–H groups in total. The fourth-order valence-corrected chi connectivity index (χ4v) is 2.88. The first kappa shape index (κ1) is 22.3. The Morgan fingerprint density at radius 2 is 1.65 bits per heavy atom. The number of anilines is 1. The monoisotopic (exact) mass is 437 g/mol. The summed E-state index contributed by atoms with van der Waals surface area (Å²) in [5.74, 6) is 0.134. The maximum atomic E-state index is 12.3. The quantitative estimate of drug-likeness (QED) is 0.508. The average Bonchev–Trinajstić information content (AvgIpc) is 2.78. The third-order valence-corrected chi connectivity index (χ3v) is 4.83. The molecule has 1 aromatic heterocycles. The van der Waals surface area contributed by atoms with Crippen molar-refractivity contribution in [2.24, 2.45) is 0 Å². The number of rotatable bonds is 7. The van der Waals surface area contributed by atoms with E-state index in [-0.39, 0.29) is 12.5 Å². The number of hydrogen-bond acceptors (Lipinski definition) is 4. The van der Waals surface area contributed by atoms with Crippen LogP contribution in [-0.4, -0.2) is 17.0 Å². The van der Waals surface area contributed by atoms with Crippen LogP contribution in [0.4, 0.5) is 10.5 Å². The number of halogens is 1. The highest BCUT2D eigenvalue weighted by Crippen LogP contribution is 2.14. The molecule has 0 saturated carbocycles. The Kier molecular flexibility index (Phi) is 7.62. The second-order valence-electron chi connectivity index (χ2n) is 7.33. The molecule has 0 aliphatic heterocycles. The lowest BCUT2D eigenvalue weighted by Crippen LogP contribution is -2.23. The summed E-state index contributed by atoms with van der Waals surface area (Å²) in [6, 6.07) is 17.9. The van der Waals surface area contributed by atoms with Gasteiger partial charge in [0.15, 0.2) is 0 Å². The molecule has 7 heteroatoms. The molecule has 6 nitrogen and oxygen atoms in total. The Balaban J connectivity index is 1.45. The van der Waals surface area contributed by atoms with Crippen molar-refractivity contribution in [3.05, 3.63) is 94.3 Å². The van der Waals surface area contributed by atoms with E-state index < -0.39 is 6.09 Å². The van der Waals surface area contributed by atoms with Gasteiger partial charge in [-0.25, -0.2) is 4.79 Å². The first-order chi connectivity index (χ1) is 14.9. The van der Waals surface area contributed by atoms with E-state index in [1.807, 2.05) is 18.2 Å². The van der Waals surface area contributed by atoms with E-state index in [4.69, 9.17) is 16.3 Å². The van der Waals surface area contributed by atoms with Gasteiger partial charge in [0.1, 0.15) is 6.61 Å². The maximum Gasteiger partial charge on any atom is 0.411 e. The summed E-state index contributed by atoms with van der Waals surface area (Å²) in [6.45, 7) is 4.63. The van der Waals surface area contributed by atoms with Crippen molar-refractivity contribution < 1.29 is 14.3 Å². The molecule has 0 radical (unpaired) electrons. The van der Waals surface area contributed by atoms with Crippen LogP contribution in [0.3, 0.4) is 0 Å². The van der Waals surface area contributed by atoms with Crippen LogP contribution in [0.25, 0.3) is 0 Å². The zero-order valence-electron chi connectivity index (χ0n) is 17.4. The van der Waals surface area contributed by atoms with Gasteiger partial charge in [0, 0.05) is 29.1 Å². The number of carbonyl (C=O) groups excluding carboxylic acids is 2. The van der Waals surface area contributed by atoms with Crippen molar-refractivity contribution in [3.63, 3.8) is 0 Å². The summed E-state index contributed by atoms with van der Waals surface area (Å²) < 4.78 is 5.20. The largest absolute Gasteiger partial charge is 0.444 e. The van der Waals surface area contributed by atoms with Crippen LogP contribution in [0, 0.1) is 0 Å². The molecule has 0 aliphatic rings. The highest BCUT2D eigenvalue weighted by Gasteiger charge is 2.08.